The number of aliphatic hydroxyl groups excluding tert-OH is 4. The summed E-state index contributed by atoms with van der Waals surface area (Å²) < 4.78 is 14.3. The second-order valence-corrected chi connectivity index (χ2v) is 10.9. The zero-order chi connectivity index (χ0) is 31.7. The van der Waals surface area contributed by atoms with Gasteiger partial charge >= 0.3 is 11.7 Å². The number of hydrogen-bond donors (Lipinski definition) is 8. The van der Waals surface area contributed by atoms with Gasteiger partial charge in [0.15, 0.2) is 17.7 Å². The van der Waals surface area contributed by atoms with Crippen LogP contribution < -0.4 is 22.9 Å². The average Bonchev–Trinajstić information content (AvgIpc) is 3.66. The highest BCUT2D eigenvalue weighted by Gasteiger charge is 2.45. The van der Waals surface area contributed by atoms with Gasteiger partial charge in [0.05, 0.1) is 19.0 Å². The van der Waals surface area contributed by atoms with Crippen molar-refractivity contribution in [1.29, 1.82) is 0 Å². The first-order valence-electron chi connectivity index (χ1n) is 14.0. The molecule has 0 bridgehead atoms. The first-order chi connectivity index (χ1) is 21.0. The first-order valence-corrected chi connectivity index (χ1v) is 14.0. The van der Waals surface area contributed by atoms with Crippen LogP contribution in [0.1, 0.15) is 30.9 Å². The molecule has 44 heavy (non-hydrogen) atoms. The van der Waals surface area contributed by atoms with Crippen molar-refractivity contribution in [1.82, 2.24) is 34.0 Å². The van der Waals surface area contributed by atoms with Gasteiger partial charge in [-0.25, -0.2) is 19.7 Å². The van der Waals surface area contributed by atoms with Crippen molar-refractivity contribution in [3.05, 3.63) is 34.9 Å². The van der Waals surface area contributed by atoms with Gasteiger partial charge in [-0.2, -0.15) is 4.98 Å². The molecule has 2 saturated heterocycles. The Morgan fingerprint density at radius 1 is 1.07 bits per heavy atom. The molecule has 5 rings (SSSR count). The molecule has 2 aliphatic heterocycles. The molecule has 0 spiro atoms. The van der Waals surface area contributed by atoms with Crippen LogP contribution >= 0.6 is 0 Å². The fourth-order valence-electron chi connectivity index (χ4n) is 5.41. The van der Waals surface area contributed by atoms with E-state index in [-0.39, 0.29) is 50.5 Å². The number of aliphatic hydroxyl groups is 4. The van der Waals surface area contributed by atoms with Crippen LogP contribution in [-0.2, 0) is 20.7 Å². The lowest BCUT2D eigenvalue weighted by Crippen LogP contribution is -2.43. The minimum absolute atomic E-state index is 0.0217. The normalized spacial score (nSPS) is 27.8. The zero-order valence-electron chi connectivity index (χ0n) is 23.5. The molecule has 19 nitrogen and oxygen atoms in total. The van der Waals surface area contributed by atoms with Crippen LogP contribution in [0.5, 0.6) is 0 Å². The van der Waals surface area contributed by atoms with Gasteiger partial charge in [0.1, 0.15) is 54.3 Å². The van der Waals surface area contributed by atoms with E-state index in [0.717, 1.165) is 0 Å². The molecule has 8 atom stereocenters. The van der Waals surface area contributed by atoms with Crippen LogP contribution in [0, 0.1) is 0 Å². The molecule has 11 N–H and O–H groups in total. The summed E-state index contributed by atoms with van der Waals surface area (Å²) in [5.41, 5.74) is 18.1. The van der Waals surface area contributed by atoms with Crippen LogP contribution in [0.3, 0.4) is 0 Å². The number of hydrogen-bond acceptors (Lipinski definition) is 16. The number of aliphatic carboxylic acids is 1. The van der Waals surface area contributed by atoms with E-state index in [1.54, 1.807) is 4.90 Å². The van der Waals surface area contributed by atoms with Crippen molar-refractivity contribution in [2.45, 2.75) is 68.3 Å². The molecule has 1 unspecified atom stereocenters. The predicted molar refractivity (Wildman–Crippen MR) is 151 cm³/mol. The van der Waals surface area contributed by atoms with Crippen LogP contribution in [0.2, 0.25) is 0 Å². The van der Waals surface area contributed by atoms with Crippen molar-refractivity contribution in [2.24, 2.45) is 5.73 Å². The Labute approximate surface area is 249 Å². The number of rotatable bonds is 12. The Morgan fingerprint density at radius 2 is 1.84 bits per heavy atom. The molecule has 0 saturated carbocycles. The molecule has 3 aromatic rings. The van der Waals surface area contributed by atoms with E-state index in [1.165, 1.54) is 28.0 Å². The second kappa shape index (κ2) is 13.0. The molecular weight excluding hydrogens is 584 g/mol. The number of anilines is 2. The second-order valence-electron chi connectivity index (χ2n) is 10.9. The van der Waals surface area contributed by atoms with Gasteiger partial charge < -0.3 is 57.1 Å². The first kappa shape index (κ1) is 31.6. The number of aromatic nitrogens is 6. The number of carboxylic acids is 1. The van der Waals surface area contributed by atoms with E-state index in [2.05, 4.69) is 19.9 Å². The summed E-state index contributed by atoms with van der Waals surface area (Å²) in [6, 6.07) is -1.15. The molecule has 2 fully saturated rings. The Kier molecular flexibility index (Phi) is 9.37. The van der Waals surface area contributed by atoms with E-state index in [4.69, 9.17) is 26.7 Å². The molecular formula is C25H36N10O9. The van der Waals surface area contributed by atoms with E-state index in [9.17, 15) is 35.1 Å². The summed E-state index contributed by atoms with van der Waals surface area (Å²) in [6.07, 6.45) is -2.85. The van der Waals surface area contributed by atoms with Crippen LogP contribution in [0.15, 0.2) is 23.6 Å². The molecule has 5 heterocycles. The molecule has 0 aromatic carbocycles. The fraction of sp³-hybridized carbons (Fsp3) is 0.600. The van der Waals surface area contributed by atoms with Gasteiger partial charge in [0, 0.05) is 37.8 Å². The van der Waals surface area contributed by atoms with Gasteiger partial charge in [-0.3, -0.25) is 13.9 Å². The smallest absolute Gasteiger partial charge is 0.351 e. The van der Waals surface area contributed by atoms with Gasteiger partial charge in [0.2, 0.25) is 0 Å². The zero-order valence-corrected chi connectivity index (χ0v) is 23.5. The molecule has 240 valence electrons. The van der Waals surface area contributed by atoms with Gasteiger partial charge in [-0.1, -0.05) is 0 Å². The molecule has 0 amide bonds. The number of imidazole rings is 1. The quantitative estimate of drug-likeness (QED) is 0.0961. The largest absolute Gasteiger partial charge is 0.480 e. The lowest BCUT2D eigenvalue weighted by molar-refractivity contribution is -0.138. The third-order valence-electron chi connectivity index (χ3n) is 7.96. The summed E-state index contributed by atoms with van der Waals surface area (Å²) in [5, 5.41) is 50.6. The molecule has 19 heteroatoms. The topological polar surface area (TPSA) is 296 Å². The Balaban J connectivity index is 1.33. The number of nitrogen functional groups attached to an aromatic ring is 2. The van der Waals surface area contributed by atoms with Gasteiger partial charge in [-0.05, 0) is 12.8 Å². The summed E-state index contributed by atoms with van der Waals surface area (Å²) in [5.74, 6) is -1.05. The Morgan fingerprint density at radius 3 is 2.55 bits per heavy atom. The highest BCUT2D eigenvalue weighted by atomic mass is 16.6. The average molecular weight is 621 g/mol. The maximum Gasteiger partial charge on any atom is 0.351 e. The molecule has 0 radical (unpaired) electrons. The predicted octanol–water partition coefficient (Wildman–Crippen LogP) is -3.85. The summed E-state index contributed by atoms with van der Waals surface area (Å²) in [7, 11) is 0. The van der Waals surface area contributed by atoms with Crippen molar-refractivity contribution < 1.29 is 39.8 Å². The standard InChI is InChI=1S/C25H36N10O9/c26-12(24(40)41)2-4-33(3-1-11-6-34(25(42)32-20(11)27)16-5-13(37)15(8-36)43-16)7-14-18(38)19(39)23(44-14)35-10-31-17-21(28)29-9-30-22(17)35/h6,9-10,12-16,18-19,23,36-39H,1-5,7-8,26H2,(H,40,41)(H2,27,32,42)(H2,28,29,30)/t12?,13-,14+,15+,16-,18+,19+,23+/m0/s1. The van der Waals surface area contributed by atoms with Crippen LogP contribution in [0.25, 0.3) is 11.2 Å². The highest BCUT2D eigenvalue weighted by molar-refractivity contribution is 5.81. The lowest BCUT2D eigenvalue weighted by atomic mass is 10.1. The van der Waals surface area contributed by atoms with Crippen molar-refractivity contribution >= 4 is 28.8 Å². The van der Waals surface area contributed by atoms with E-state index >= 15 is 0 Å². The monoisotopic (exact) mass is 620 g/mol. The molecule has 2 aliphatic rings. The number of ether oxygens (including phenoxy) is 2. The van der Waals surface area contributed by atoms with Gasteiger partial charge in [0.25, 0.3) is 0 Å². The number of nitrogens with zero attached hydrogens (tertiary/aromatic N) is 7. The van der Waals surface area contributed by atoms with Crippen molar-refractivity contribution in [3.63, 3.8) is 0 Å². The summed E-state index contributed by atoms with van der Waals surface area (Å²) in [6.45, 7) is 0.0725. The number of carboxylic acid groups (broad SMARTS) is 1. The number of carbonyl (C=O) groups is 1. The maximum atomic E-state index is 12.6. The summed E-state index contributed by atoms with van der Waals surface area (Å²) >= 11 is 0. The Bertz CT molecular complexity index is 1540. The number of nitrogens with two attached hydrogens (primary N) is 3. The lowest BCUT2D eigenvalue weighted by Gasteiger charge is -2.27. The molecule has 0 aliphatic carbocycles. The van der Waals surface area contributed by atoms with Crippen LogP contribution in [-0.4, -0.2) is 128 Å². The maximum absolute atomic E-state index is 12.6. The van der Waals surface area contributed by atoms with E-state index < -0.39 is 67.3 Å². The summed E-state index contributed by atoms with van der Waals surface area (Å²) in [4.78, 5) is 41.9. The minimum atomic E-state index is -1.36. The highest BCUT2D eigenvalue weighted by Crippen LogP contribution is 2.33. The van der Waals surface area contributed by atoms with Crippen molar-refractivity contribution in [2.75, 3.05) is 37.7 Å². The third-order valence-corrected chi connectivity index (χ3v) is 7.96. The van der Waals surface area contributed by atoms with Gasteiger partial charge in [-0.15, -0.1) is 0 Å². The Hall–Kier alpha value is -3.82. The number of fused-ring (bicyclic) bond motifs is 1. The van der Waals surface area contributed by atoms with E-state index in [0.29, 0.717) is 16.7 Å². The molecule has 3 aromatic heterocycles. The van der Waals surface area contributed by atoms with Crippen molar-refractivity contribution in [3.8, 4) is 0 Å². The minimum Gasteiger partial charge on any atom is -0.480 e. The third kappa shape index (κ3) is 6.35. The SMILES string of the molecule is Nc1nc(=O)n([C@@H]2C[C@H](O)[C@@H](CO)O2)cc1CCN(CCC(N)C(=O)O)C[C@H]1O[C@@H](n2cnc3c(N)ncnc32)[C@H](O)[C@@H]1O. The van der Waals surface area contributed by atoms with Crippen LogP contribution in [0.4, 0.5) is 11.6 Å². The fourth-order valence-corrected chi connectivity index (χ4v) is 5.41. The van der Waals surface area contributed by atoms with E-state index in [1.807, 2.05) is 0 Å².